The molecule has 1 aromatic heterocycles. The summed E-state index contributed by atoms with van der Waals surface area (Å²) in [6, 6.07) is 9.43. The van der Waals surface area contributed by atoms with Crippen LogP contribution in [0.2, 0.25) is 0 Å². The van der Waals surface area contributed by atoms with Crippen molar-refractivity contribution >= 4 is 46.1 Å². The highest BCUT2D eigenvalue weighted by Crippen LogP contribution is 2.29. The zero-order valence-electron chi connectivity index (χ0n) is 21.4. The van der Waals surface area contributed by atoms with Gasteiger partial charge in [-0.15, -0.1) is 0 Å². The molecule has 0 aliphatic carbocycles. The highest BCUT2D eigenvalue weighted by atomic mass is 127. The Morgan fingerprint density at radius 2 is 1.83 bits per heavy atom. The van der Waals surface area contributed by atoms with E-state index in [-0.39, 0.29) is 23.8 Å². The van der Waals surface area contributed by atoms with Crippen LogP contribution in [0.4, 0.5) is 5.82 Å². The van der Waals surface area contributed by atoms with Gasteiger partial charge in [0, 0.05) is 61.0 Å². The molecule has 2 saturated heterocycles. The maximum absolute atomic E-state index is 13.3. The molecule has 1 aromatic carbocycles. The van der Waals surface area contributed by atoms with Crippen molar-refractivity contribution in [2.24, 2.45) is 0 Å². The first-order valence-electron chi connectivity index (χ1n) is 12.4. The van der Waals surface area contributed by atoms with Crippen LogP contribution in [-0.4, -0.2) is 76.7 Å². The Bertz CT molecular complexity index is 1160. The predicted molar refractivity (Wildman–Crippen MR) is 148 cm³/mol. The van der Waals surface area contributed by atoms with Crippen LogP contribution >= 0.6 is 22.6 Å². The first-order chi connectivity index (χ1) is 17.1. The Balaban J connectivity index is 1.39. The summed E-state index contributed by atoms with van der Waals surface area (Å²) in [6.45, 7) is 6.61. The van der Waals surface area contributed by atoms with Gasteiger partial charge in [0.2, 0.25) is 11.8 Å². The summed E-state index contributed by atoms with van der Waals surface area (Å²) in [7, 11) is 3.37. The van der Waals surface area contributed by atoms with Crippen molar-refractivity contribution in [3.8, 4) is 0 Å². The molecule has 3 heterocycles. The topological polar surface area (TPSA) is 85.8 Å². The zero-order valence-corrected chi connectivity index (χ0v) is 23.5. The molecule has 0 saturated carbocycles. The molecule has 2 aromatic rings. The summed E-state index contributed by atoms with van der Waals surface area (Å²) in [5, 5.41) is 2.87. The molecule has 1 N–H and O–H groups in total. The van der Waals surface area contributed by atoms with E-state index in [9.17, 15) is 14.4 Å². The summed E-state index contributed by atoms with van der Waals surface area (Å²) in [5.74, 6) is -0.00510. The number of rotatable bonds is 6. The van der Waals surface area contributed by atoms with Gasteiger partial charge in [0.05, 0.1) is 0 Å². The molecule has 0 bridgehead atoms. The molecule has 9 heteroatoms. The Morgan fingerprint density at radius 1 is 1.11 bits per heavy atom. The number of aromatic nitrogens is 1. The first kappa shape index (κ1) is 26.5. The second kappa shape index (κ2) is 11.2. The van der Waals surface area contributed by atoms with Crippen molar-refractivity contribution < 1.29 is 14.4 Å². The second-order valence-electron chi connectivity index (χ2n) is 10.0. The number of benzene rings is 1. The molecule has 4 rings (SSSR count). The SMILES string of the molecule is Cc1cc(C(=O)N(C)C)cc(NC(=O)C2CCC(=O)N2C2CCN(Cc3ccc(I)c(C)c3)CC2)n1. The lowest BCUT2D eigenvalue weighted by molar-refractivity contribution is -0.136. The van der Waals surface area contributed by atoms with E-state index in [1.165, 1.54) is 19.6 Å². The summed E-state index contributed by atoms with van der Waals surface area (Å²) < 4.78 is 1.27. The minimum Gasteiger partial charge on any atom is -0.345 e. The van der Waals surface area contributed by atoms with Crippen LogP contribution < -0.4 is 5.32 Å². The summed E-state index contributed by atoms with van der Waals surface area (Å²) >= 11 is 2.36. The number of aryl methyl sites for hydroxylation is 2. The quantitative estimate of drug-likeness (QED) is 0.511. The number of nitrogens with one attached hydrogen (secondary N) is 1. The van der Waals surface area contributed by atoms with Crippen LogP contribution in [0.3, 0.4) is 0 Å². The van der Waals surface area contributed by atoms with E-state index in [2.05, 4.69) is 62.9 Å². The normalized spacial score (nSPS) is 19.0. The lowest BCUT2D eigenvalue weighted by atomic mass is 10.0. The Kier molecular flexibility index (Phi) is 8.29. The van der Waals surface area contributed by atoms with Gasteiger partial charge in [-0.2, -0.15) is 0 Å². The van der Waals surface area contributed by atoms with Gasteiger partial charge in [0.1, 0.15) is 11.9 Å². The van der Waals surface area contributed by atoms with Gasteiger partial charge in [-0.25, -0.2) is 4.98 Å². The fourth-order valence-electron chi connectivity index (χ4n) is 5.16. The zero-order chi connectivity index (χ0) is 26.0. The number of likely N-dealkylation sites (tertiary alicyclic amines) is 2. The average Bonchev–Trinajstić information content (AvgIpc) is 3.22. The maximum Gasteiger partial charge on any atom is 0.253 e. The van der Waals surface area contributed by atoms with Gasteiger partial charge >= 0.3 is 0 Å². The predicted octanol–water partition coefficient (Wildman–Crippen LogP) is 3.60. The van der Waals surface area contributed by atoms with Crippen molar-refractivity contribution in [3.05, 3.63) is 56.3 Å². The monoisotopic (exact) mass is 603 g/mol. The van der Waals surface area contributed by atoms with Gasteiger partial charge in [0.15, 0.2) is 0 Å². The lowest BCUT2D eigenvalue weighted by Crippen LogP contribution is -2.51. The lowest BCUT2D eigenvalue weighted by Gasteiger charge is -2.39. The summed E-state index contributed by atoms with van der Waals surface area (Å²) in [4.78, 5) is 48.6. The molecular formula is C27H34IN5O3. The Labute approximate surface area is 226 Å². The third-order valence-corrected chi connectivity index (χ3v) is 8.21. The standard InChI is InChI=1S/C27H34IN5O3/c1-17-13-19(5-6-22(17)28)16-32-11-9-21(10-12-32)33-23(7-8-25(33)34)26(35)30-24-15-20(14-18(2)29-24)27(36)31(3)4/h5-6,13-15,21,23H,7-12,16H2,1-4H3,(H,29,30,35). The molecule has 2 aliphatic heterocycles. The van der Waals surface area contributed by atoms with E-state index in [1.54, 1.807) is 33.2 Å². The number of piperidine rings is 1. The number of anilines is 1. The molecule has 1 atom stereocenters. The number of hydrogen-bond donors (Lipinski definition) is 1. The van der Waals surface area contributed by atoms with Crippen LogP contribution in [0.15, 0.2) is 30.3 Å². The van der Waals surface area contributed by atoms with Crippen LogP contribution in [0.5, 0.6) is 0 Å². The minimum absolute atomic E-state index is 0.0440. The van der Waals surface area contributed by atoms with Crippen LogP contribution in [0.1, 0.15) is 52.9 Å². The highest BCUT2D eigenvalue weighted by molar-refractivity contribution is 14.1. The first-order valence-corrected chi connectivity index (χ1v) is 13.5. The number of hydrogen-bond acceptors (Lipinski definition) is 5. The number of pyridine rings is 1. The Morgan fingerprint density at radius 3 is 2.50 bits per heavy atom. The van der Waals surface area contributed by atoms with Gasteiger partial charge in [-0.3, -0.25) is 19.3 Å². The van der Waals surface area contributed by atoms with Crippen LogP contribution in [0.25, 0.3) is 0 Å². The third-order valence-electron chi connectivity index (χ3n) is 6.99. The molecule has 8 nitrogen and oxygen atoms in total. The van der Waals surface area contributed by atoms with E-state index in [0.29, 0.717) is 29.9 Å². The molecular weight excluding hydrogens is 569 g/mol. The van der Waals surface area contributed by atoms with Gasteiger partial charge in [-0.1, -0.05) is 12.1 Å². The van der Waals surface area contributed by atoms with Crippen molar-refractivity contribution in [1.29, 1.82) is 0 Å². The second-order valence-corrected chi connectivity index (χ2v) is 11.2. The molecule has 2 fully saturated rings. The van der Waals surface area contributed by atoms with Gasteiger partial charge < -0.3 is 15.1 Å². The van der Waals surface area contributed by atoms with E-state index in [0.717, 1.165) is 32.5 Å². The molecule has 192 valence electrons. The maximum atomic E-state index is 13.3. The van der Waals surface area contributed by atoms with Crippen molar-refractivity contribution in [1.82, 2.24) is 19.7 Å². The van der Waals surface area contributed by atoms with E-state index in [4.69, 9.17) is 0 Å². The number of nitrogens with zero attached hydrogens (tertiary/aromatic N) is 4. The smallest absolute Gasteiger partial charge is 0.253 e. The van der Waals surface area contributed by atoms with Gasteiger partial charge in [-0.05, 0) is 85.0 Å². The molecule has 0 spiro atoms. The van der Waals surface area contributed by atoms with Crippen molar-refractivity contribution in [3.63, 3.8) is 0 Å². The average molecular weight is 604 g/mol. The van der Waals surface area contributed by atoms with Crippen LogP contribution in [-0.2, 0) is 16.1 Å². The van der Waals surface area contributed by atoms with E-state index in [1.807, 2.05) is 4.90 Å². The Hall–Kier alpha value is -2.53. The molecule has 0 radical (unpaired) electrons. The molecule has 3 amide bonds. The van der Waals surface area contributed by atoms with Gasteiger partial charge in [0.25, 0.3) is 5.91 Å². The van der Waals surface area contributed by atoms with Crippen molar-refractivity contribution in [2.45, 2.75) is 58.2 Å². The fraction of sp³-hybridized carbons (Fsp3) is 0.481. The molecule has 36 heavy (non-hydrogen) atoms. The fourth-order valence-corrected chi connectivity index (χ4v) is 5.50. The van der Waals surface area contributed by atoms with Crippen molar-refractivity contribution in [2.75, 3.05) is 32.5 Å². The summed E-state index contributed by atoms with van der Waals surface area (Å²) in [5.41, 5.74) is 3.71. The number of halogens is 1. The number of carbonyl (C=O) groups is 3. The number of amides is 3. The largest absolute Gasteiger partial charge is 0.345 e. The summed E-state index contributed by atoms with van der Waals surface area (Å²) in [6.07, 6.45) is 2.58. The van der Waals surface area contributed by atoms with Crippen LogP contribution in [0, 0.1) is 17.4 Å². The molecule has 2 aliphatic rings. The highest BCUT2D eigenvalue weighted by Gasteiger charge is 2.41. The minimum atomic E-state index is -0.511. The molecule has 1 unspecified atom stereocenters. The van der Waals surface area contributed by atoms with E-state index >= 15 is 0 Å². The third kappa shape index (κ3) is 6.05. The number of carbonyl (C=O) groups excluding carboxylic acids is 3. The van der Waals surface area contributed by atoms with E-state index < -0.39 is 6.04 Å².